The summed E-state index contributed by atoms with van der Waals surface area (Å²) >= 11 is 0. The predicted molar refractivity (Wildman–Crippen MR) is 96.0 cm³/mol. The fourth-order valence-electron chi connectivity index (χ4n) is 2.42. The van der Waals surface area contributed by atoms with Gasteiger partial charge in [0.15, 0.2) is 5.84 Å². The molecule has 1 aliphatic heterocycles. The molecule has 0 saturated heterocycles. The Kier molecular flexibility index (Phi) is 4.01. The number of benzene rings is 2. The van der Waals surface area contributed by atoms with Gasteiger partial charge in [0.2, 0.25) is 0 Å². The van der Waals surface area contributed by atoms with Crippen LogP contribution in [0.5, 0.6) is 0 Å². The first kappa shape index (κ1) is 16.4. The molecule has 0 amide bonds. The number of nitrogens with one attached hydrogen (secondary N) is 1. The SMILES string of the molecule is CC(C)(C)c1ccc(/C=N/NC2=NS(=O)(=O)c3ccccc32)cc1. The Balaban J connectivity index is 1.76. The number of nitrogens with zero attached hydrogens (tertiary/aromatic N) is 2. The third-order valence-electron chi connectivity index (χ3n) is 3.79. The van der Waals surface area contributed by atoms with E-state index in [4.69, 9.17) is 0 Å². The van der Waals surface area contributed by atoms with Gasteiger partial charge in [-0.1, -0.05) is 57.2 Å². The fourth-order valence-corrected chi connectivity index (χ4v) is 3.59. The third-order valence-corrected chi connectivity index (χ3v) is 5.13. The van der Waals surface area contributed by atoms with Crippen molar-refractivity contribution < 1.29 is 8.42 Å². The molecule has 0 fully saturated rings. The lowest BCUT2D eigenvalue weighted by molar-refractivity contribution is 0.590. The van der Waals surface area contributed by atoms with Gasteiger partial charge in [-0.05, 0) is 28.7 Å². The van der Waals surface area contributed by atoms with Crippen molar-refractivity contribution in [1.82, 2.24) is 5.43 Å². The highest BCUT2D eigenvalue weighted by Crippen LogP contribution is 2.25. The summed E-state index contributed by atoms with van der Waals surface area (Å²) in [6.07, 6.45) is 1.64. The topological polar surface area (TPSA) is 70.9 Å². The van der Waals surface area contributed by atoms with Crippen LogP contribution in [0.3, 0.4) is 0 Å². The first-order valence-electron chi connectivity index (χ1n) is 7.61. The van der Waals surface area contributed by atoms with E-state index in [9.17, 15) is 8.42 Å². The van der Waals surface area contributed by atoms with Crippen molar-refractivity contribution in [2.24, 2.45) is 9.50 Å². The molecule has 3 rings (SSSR count). The minimum absolute atomic E-state index is 0.102. The number of rotatable bonds is 2. The molecule has 1 aliphatic rings. The zero-order valence-corrected chi connectivity index (χ0v) is 14.6. The van der Waals surface area contributed by atoms with Crippen LogP contribution in [-0.4, -0.2) is 20.5 Å². The van der Waals surface area contributed by atoms with Crippen molar-refractivity contribution >= 4 is 22.1 Å². The lowest BCUT2D eigenvalue weighted by atomic mass is 9.87. The van der Waals surface area contributed by atoms with E-state index in [1.807, 2.05) is 12.1 Å². The van der Waals surface area contributed by atoms with Crippen LogP contribution in [-0.2, 0) is 15.4 Å². The van der Waals surface area contributed by atoms with E-state index in [0.717, 1.165) is 5.56 Å². The van der Waals surface area contributed by atoms with E-state index in [1.54, 1.807) is 24.4 Å². The van der Waals surface area contributed by atoms with Gasteiger partial charge in [0.05, 0.1) is 6.21 Å². The van der Waals surface area contributed by atoms with Gasteiger partial charge in [0, 0.05) is 5.56 Å². The van der Waals surface area contributed by atoms with E-state index in [0.29, 0.717) is 5.56 Å². The van der Waals surface area contributed by atoms with Gasteiger partial charge in [-0.25, -0.2) is 0 Å². The molecule has 0 unspecified atom stereocenters. The average molecular weight is 341 g/mol. The van der Waals surface area contributed by atoms with Crippen molar-refractivity contribution in [3.63, 3.8) is 0 Å². The molecule has 2 aromatic rings. The first-order valence-corrected chi connectivity index (χ1v) is 9.05. The molecule has 1 N–H and O–H groups in total. The summed E-state index contributed by atoms with van der Waals surface area (Å²) in [5.74, 6) is 0.244. The lowest BCUT2D eigenvalue weighted by Gasteiger charge is -2.18. The van der Waals surface area contributed by atoms with Crippen LogP contribution < -0.4 is 5.43 Å². The maximum atomic E-state index is 11.9. The Bertz CT molecular complexity index is 921. The second kappa shape index (κ2) is 5.87. The van der Waals surface area contributed by atoms with Crippen molar-refractivity contribution in [1.29, 1.82) is 0 Å². The second-order valence-corrected chi connectivity index (χ2v) is 8.23. The molecule has 24 heavy (non-hydrogen) atoms. The summed E-state index contributed by atoms with van der Waals surface area (Å²) in [5.41, 5.74) is 5.53. The van der Waals surface area contributed by atoms with Crippen molar-refractivity contribution in [2.45, 2.75) is 31.1 Å². The zero-order valence-electron chi connectivity index (χ0n) is 13.8. The van der Waals surface area contributed by atoms with E-state index in [1.165, 1.54) is 11.6 Å². The summed E-state index contributed by atoms with van der Waals surface area (Å²) in [5, 5.41) is 4.11. The summed E-state index contributed by atoms with van der Waals surface area (Å²) in [6, 6.07) is 14.8. The molecular weight excluding hydrogens is 322 g/mol. The molecule has 0 aliphatic carbocycles. The number of hydrazone groups is 1. The lowest BCUT2D eigenvalue weighted by Crippen LogP contribution is -2.17. The Morgan fingerprint density at radius 1 is 1.04 bits per heavy atom. The first-order chi connectivity index (χ1) is 11.3. The molecule has 0 aromatic heterocycles. The maximum Gasteiger partial charge on any atom is 0.285 e. The summed E-state index contributed by atoms with van der Waals surface area (Å²) in [7, 11) is -3.62. The van der Waals surface area contributed by atoms with E-state index in [-0.39, 0.29) is 16.1 Å². The molecule has 0 spiro atoms. The van der Waals surface area contributed by atoms with Crippen LogP contribution in [0.1, 0.15) is 37.5 Å². The number of amidine groups is 1. The molecular formula is C18H19N3O2S. The van der Waals surface area contributed by atoms with Crippen LogP contribution >= 0.6 is 0 Å². The Labute approximate surface area is 142 Å². The Morgan fingerprint density at radius 2 is 1.71 bits per heavy atom. The molecule has 2 aromatic carbocycles. The molecule has 0 atom stereocenters. The second-order valence-electron chi connectivity index (χ2n) is 6.65. The van der Waals surface area contributed by atoms with Crippen LogP contribution in [0.2, 0.25) is 0 Å². The number of fused-ring (bicyclic) bond motifs is 1. The van der Waals surface area contributed by atoms with Gasteiger partial charge >= 0.3 is 0 Å². The Morgan fingerprint density at radius 3 is 2.38 bits per heavy atom. The monoisotopic (exact) mass is 341 g/mol. The van der Waals surface area contributed by atoms with Gasteiger partial charge in [0.25, 0.3) is 10.0 Å². The van der Waals surface area contributed by atoms with E-state index < -0.39 is 10.0 Å². The highest BCUT2D eigenvalue weighted by molar-refractivity contribution is 7.90. The molecule has 1 heterocycles. The van der Waals surface area contributed by atoms with Crippen LogP contribution in [0.15, 0.2) is 62.9 Å². The fraction of sp³-hybridized carbons (Fsp3) is 0.222. The molecule has 0 radical (unpaired) electrons. The third kappa shape index (κ3) is 3.23. The highest BCUT2D eigenvalue weighted by atomic mass is 32.2. The molecule has 0 saturated carbocycles. The minimum atomic E-state index is -3.62. The smallest absolute Gasteiger partial charge is 0.260 e. The van der Waals surface area contributed by atoms with Crippen molar-refractivity contribution in [2.75, 3.05) is 0 Å². The zero-order chi connectivity index (χ0) is 17.4. The van der Waals surface area contributed by atoms with Crippen LogP contribution in [0.4, 0.5) is 0 Å². The summed E-state index contributed by atoms with van der Waals surface area (Å²) < 4.78 is 27.6. The standard InChI is InChI=1S/C18H19N3O2S/c1-18(2,3)14-10-8-13(9-11-14)12-19-20-17-15-6-4-5-7-16(15)24(22,23)21-17/h4-12H,1-3H3,(H,20,21)/b19-12+. The molecule has 0 bridgehead atoms. The normalized spacial score (nSPS) is 16.0. The quantitative estimate of drug-likeness (QED) is 0.674. The van der Waals surface area contributed by atoms with Gasteiger partial charge in [-0.3, -0.25) is 5.43 Å². The number of hydrogen-bond acceptors (Lipinski definition) is 4. The maximum absolute atomic E-state index is 11.9. The highest BCUT2D eigenvalue weighted by Gasteiger charge is 2.28. The average Bonchev–Trinajstić information content (AvgIpc) is 2.79. The van der Waals surface area contributed by atoms with Gasteiger partial charge in [-0.15, -0.1) is 4.40 Å². The van der Waals surface area contributed by atoms with Gasteiger partial charge < -0.3 is 0 Å². The van der Waals surface area contributed by atoms with E-state index in [2.05, 4.69) is 47.8 Å². The van der Waals surface area contributed by atoms with Crippen molar-refractivity contribution in [3.8, 4) is 0 Å². The van der Waals surface area contributed by atoms with Crippen molar-refractivity contribution in [3.05, 3.63) is 65.2 Å². The molecule has 124 valence electrons. The van der Waals surface area contributed by atoms with E-state index >= 15 is 0 Å². The predicted octanol–water partition coefficient (Wildman–Crippen LogP) is 3.06. The largest absolute Gasteiger partial charge is 0.285 e. The van der Waals surface area contributed by atoms with Crippen LogP contribution in [0.25, 0.3) is 0 Å². The summed E-state index contributed by atoms with van der Waals surface area (Å²) in [6.45, 7) is 6.48. The van der Waals surface area contributed by atoms with Crippen LogP contribution in [0, 0.1) is 0 Å². The minimum Gasteiger partial charge on any atom is -0.260 e. The van der Waals surface area contributed by atoms with Gasteiger partial charge in [0.1, 0.15) is 4.90 Å². The molecule has 5 nitrogen and oxygen atoms in total. The number of hydrogen-bond donors (Lipinski definition) is 1. The number of sulfonamides is 1. The summed E-state index contributed by atoms with van der Waals surface area (Å²) in [4.78, 5) is 0.206. The Hall–Kier alpha value is -2.47. The van der Waals surface area contributed by atoms with Gasteiger partial charge in [-0.2, -0.15) is 13.5 Å². The molecule has 6 heteroatoms.